The summed E-state index contributed by atoms with van der Waals surface area (Å²) in [7, 11) is 0. The molecule has 1 aromatic heterocycles. The average molecular weight is 218 g/mol. The van der Waals surface area contributed by atoms with E-state index in [-0.39, 0.29) is 6.10 Å². The molecule has 4 nitrogen and oxygen atoms in total. The van der Waals surface area contributed by atoms with Gasteiger partial charge in [-0.3, -0.25) is 0 Å². The average Bonchev–Trinajstić information content (AvgIpc) is 2.80. The molecule has 1 saturated heterocycles. The van der Waals surface area contributed by atoms with Crippen molar-refractivity contribution in [1.82, 2.24) is 10.5 Å². The van der Waals surface area contributed by atoms with Crippen molar-refractivity contribution in [2.75, 3.05) is 13.1 Å². The Balaban J connectivity index is 1.85. The SMILES string of the molecule is c1cc(OC2CCNCC2)c2oncc2c1. The molecule has 1 fully saturated rings. The zero-order valence-corrected chi connectivity index (χ0v) is 8.98. The van der Waals surface area contributed by atoms with Crippen LogP contribution in [0, 0.1) is 0 Å². The molecule has 0 aliphatic carbocycles. The zero-order chi connectivity index (χ0) is 10.8. The van der Waals surface area contributed by atoms with Gasteiger partial charge < -0.3 is 14.6 Å². The van der Waals surface area contributed by atoms with Gasteiger partial charge in [0, 0.05) is 5.39 Å². The Morgan fingerprint density at radius 2 is 2.19 bits per heavy atom. The lowest BCUT2D eigenvalue weighted by atomic mass is 10.1. The Morgan fingerprint density at radius 1 is 1.31 bits per heavy atom. The van der Waals surface area contributed by atoms with Gasteiger partial charge in [0.15, 0.2) is 5.75 Å². The van der Waals surface area contributed by atoms with Crippen LogP contribution in [0.25, 0.3) is 11.0 Å². The third kappa shape index (κ3) is 1.76. The van der Waals surface area contributed by atoms with E-state index in [0.717, 1.165) is 42.6 Å². The van der Waals surface area contributed by atoms with Crippen molar-refractivity contribution < 1.29 is 9.26 Å². The van der Waals surface area contributed by atoms with Crippen LogP contribution in [0.3, 0.4) is 0 Å². The number of fused-ring (bicyclic) bond motifs is 1. The number of ether oxygens (including phenoxy) is 1. The van der Waals surface area contributed by atoms with E-state index in [1.807, 2.05) is 18.2 Å². The number of hydrogen-bond acceptors (Lipinski definition) is 4. The van der Waals surface area contributed by atoms with Gasteiger partial charge in [0.05, 0.1) is 6.20 Å². The lowest BCUT2D eigenvalue weighted by Crippen LogP contribution is -2.34. The Labute approximate surface area is 93.6 Å². The molecular weight excluding hydrogens is 204 g/mol. The maximum absolute atomic E-state index is 5.95. The first-order valence-electron chi connectivity index (χ1n) is 5.64. The third-order valence-corrected chi connectivity index (χ3v) is 2.92. The first kappa shape index (κ1) is 9.66. The van der Waals surface area contributed by atoms with E-state index in [0.29, 0.717) is 0 Å². The zero-order valence-electron chi connectivity index (χ0n) is 8.98. The molecule has 4 heteroatoms. The maximum atomic E-state index is 5.95. The molecule has 2 heterocycles. The van der Waals surface area contributed by atoms with Crippen LogP contribution in [0.5, 0.6) is 5.75 Å². The highest BCUT2D eigenvalue weighted by molar-refractivity contribution is 5.81. The van der Waals surface area contributed by atoms with Gasteiger partial charge in [0.25, 0.3) is 0 Å². The Bertz CT molecular complexity index is 475. The normalized spacial score (nSPS) is 17.8. The van der Waals surface area contributed by atoms with E-state index in [2.05, 4.69) is 10.5 Å². The topological polar surface area (TPSA) is 47.3 Å². The van der Waals surface area contributed by atoms with Crippen molar-refractivity contribution in [3.8, 4) is 5.75 Å². The molecule has 1 aliphatic rings. The standard InChI is InChI=1S/C12H14N2O2/c1-2-9-8-14-16-12(9)11(3-1)15-10-4-6-13-7-5-10/h1-3,8,10,13H,4-7H2. The van der Waals surface area contributed by atoms with E-state index in [1.165, 1.54) is 0 Å². The monoisotopic (exact) mass is 218 g/mol. The van der Waals surface area contributed by atoms with Crippen LogP contribution in [-0.2, 0) is 0 Å². The number of para-hydroxylation sites is 1. The van der Waals surface area contributed by atoms with E-state index >= 15 is 0 Å². The van der Waals surface area contributed by atoms with Gasteiger partial charge in [-0.1, -0.05) is 11.2 Å². The molecule has 1 aliphatic heterocycles. The molecule has 2 aromatic rings. The van der Waals surface area contributed by atoms with Gasteiger partial charge in [-0.05, 0) is 38.1 Å². The second-order valence-corrected chi connectivity index (χ2v) is 4.07. The Morgan fingerprint density at radius 3 is 3.06 bits per heavy atom. The highest BCUT2D eigenvalue weighted by Crippen LogP contribution is 2.27. The molecule has 0 saturated carbocycles. The number of rotatable bonds is 2. The molecule has 1 aromatic carbocycles. The lowest BCUT2D eigenvalue weighted by molar-refractivity contribution is 0.162. The number of nitrogens with one attached hydrogen (secondary N) is 1. The highest BCUT2D eigenvalue weighted by Gasteiger charge is 2.16. The molecule has 0 radical (unpaired) electrons. The fourth-order valence-corrected chi connectivity index (χ4v) is 2.05. The van der Waals surface area contributed by atoms with Gasteiger partial charge in [0.2, 0.25) is 5.58 Å². The number of nitrogens with zero attached hydrogens (tertiary/aromatic N) is 1. The number of piperidine rings is 1. The predicted octanol–water partition coefficient (Wildman–Crippen LogP) is 1.96. The van der Waals surface area contributed by atoms with Crippen molar-refractivity contribution in [1.29, 1.82) is 0 Å². The molecule has 0 bridgehead atoms. The summed E-state index contributed by atoms with van der Waals surface area (Å²) in [4.78, 5) is 0. The van der Waals surface area contributed by atoms with Crippen LogP contribution >= 0.6 is 0 Å². The van der Waals surface area contributed by atoms with Crippen molar-refractivity contribution in [2.45, 2.75) is 18.9 Å². The summed E-state index contributed by atoms with van der Waals surface area (Å²) in [6.07, 6.45) is 4.09. The minimum Gasteiger partial charge on any atom is -0.486 e. The summed E-state index contributed by atoms with van der Waals surface area (Å²) in [5, 5.41) is 8.10. The van der Waals surface area contributed by atoms with Crippen LogP contribution < -0.4 is 10.1 Å². The summed E-state index contributed by atoms with van der Waals surface area (Å²) in [6, 6.07) is 5.88. The van der Waals surface area contributed by atoms with Gasteiger partial charge in [-0.15, -0.1) is 0 Å². The summed E-state index contributed by atoms with van der Waals surface area (Å²) >= 11 is 0. The molecule has 1 N–H and O–H groups in total. The van der Waals surface area contributed by atoms with Crippen molar-refractivity contribution in [2.24, 2.45) is 0 Å². The predicted molar refractivity (Wildman–Crippen MR) is 60.5 cm³/mol. The van der Waals surface area contributed by atoms with Crippen LogP contribution in [0.4, 0.5) is 0 Å². The van der Waals surface area contributed by atoms with E-state index in [1.54, 1.807) is 6.20 Å². The molecule has 0 spiro atoms. The molecule has 16 heavy (non-hydrogen) atoms. The van der Waals surface area contributed by atoms with Gasteiger partial charge in [-0.25, -0.2) is 0 Å². The van der Waals surface area contributed by atoms with Crippen LogP contribution in [-0.4, -0.2) is 24.4 Å². The van der Waals surface area contributed by atoms with E-state index in [9.17, 15) is 0 Å². The molecule has 0 atom stereocenters. The van der Waals surface area contributed by atoms with Crippen molar-refractivity contribution in [3.05, 3.63) is 24.4 Å². The minimum atomic E-state index is 0.289. The fraction of sp³-hybridized carbons (Fsp3) is 0.417. The molecule has 3 rings (SSSR count). The van der Waals surface area contributed by atoms with Crippen LogP contribution in [0.15, 0.2) is 28.9 Å². The van der Waals surface area contributed by atoms with Gasteiger partial charge >= 0.3 is 0 Å². The van der Waals surface area contributed by atoms with Crippen LogP contribution in [0.2, 0.25) is 0 Å². The summed E-state index contributed by atoms with van der Waals surface area (Å²) in [5.41, 5.74) is 0.751. The summed E-state index contributed by atoms with van der Waals surface area (Å²) in [5.74, 6) is 0.807. The first-order valence-corrected chi connectivity index (χ1v) is 5.64. The highest BCUT2D eigenvalue weighted by atomic mass is 16.5. The number of aromatic nitrogens is 1. The molecule has 0 amide bonds. The van der Waals surface area contributed by atoms with Gasteiger partial charge in [0.1, 0.15) is 6.10 Å². The smallest absolute Gasteiger partial charge is 0.208 e. The van der Waals surface area contributed by atoms with Crippen LogP contribution in [0.1, 0.15) is 12.8 Å². The van der Waals surface area contributed by atoms with E-state index < -0.39 is 0 Å². The second-order valence-electron chi connectivity index (χ2n) is 4.07. The summed E-state index contributed by atoms with van der Waals surface area (Å²) < 4.78 is 11.2. The Hall–Kier alpha value is -1.55. The minimum absolute atomic E-state index is 0.289. The fourth-order valence-electron chi connectivity index (χ4n) is 2.05. The third-order valence-electron chi connectivity index (χ3n) is 2.92. The van der Waals surface area contributed by atoms with Crippen molar-refractivity contribution in [3.63, 3.8) is 0 Å². The summed E-state index contributed by atoms with van der Waals surface area (Å²) in [6.45, 7) is 2.05. The molecule has 84 valence electrons. The first-order chi connectivity index (χ1) is 7.93. The molecule has 0 unspecified atom stereocenters. The van der Waals surface area contributed by atoms with Crippen molar-refractivity contribution >= 4 is 11.0 Å². The van der Waals surface area contributed by atoms with Gasteiger partial charge in [-0.2, -0.15) is 0 Å². The maximum Gasteiger partial charge on any atom is 0.208 e. The molecular formula is C12H14N2O2. The Kier molecular flexibility index (Phi) is 2.50. The second kappa shape index (κ2) is 4.14. The quantitative estimate of drug-likeness (QED) is 0.837. The van der Waals surface area contributed by atoms with E-state index in [4.69, 9.17) is 9.26 Å². The number of benzene rings is 1. The number of hydrogen-bond donors (Lipinski definition) is 1. The lowest BCUT2D eigenvalue weighted by Gasteiger charge is -2.23. The largest absolute Gasteiger partial charge is 0.486 e.